The Kier molecular flexibility index (Phi) is 4.16. The molecule has 78 valence electrons. The van der Waals surface area contributed by atoms with Crippen molar-refractivity contribution in [1.29, 1.82) is 5.26 Å². The van der Waals surface area contributed by atoms with Crippen LogP contribution in [0.5, 0.6) is 0 Å². The monoisotopic (exact) mass is 193 g/mol. The molecule has 1 aliphatic rings. The molecule has 0 saturated heterocycles. The van der Waals surface area contributed by atoms with Gasteiger partial charge in [0, 0.05) is 6.42 Å². The lowest BCUT2D eigenvalue weighted by Gasteiger charge is -2.28. The summed E-state index contributed by atoms with van der Waals surface area (Å²) in [6.45, 7) is 4.40. The minimum Gasteiger partial charge on any atom is -0.389 e. The second kappa shape index (κ2) is 5.17. The third-order valence-electron chi connectivity index (χ3n) is 3.11. The molecule has 0 bridgehead atoms. The number of nitriles is 1. The topological polar surface area (TPSA) is 44.0 Å². The summed E-state index contributed by atoms with van der Waals surface area (Å²) in [5.41, 5.74) is 1.07. The van der Waals surface area contributed by atoms with Gasteiger partial charge in [0.1, 0.15) is 0 Å². The minimum atomic E-state index is -0.301. The zero-order chi connectivity index (χ0) is 10.6. The van der Waals surface area contributed by atoms with Crippen molar-refractivity contribution in [2.45, 2.75) is 45.6 Å². The summed E-state index contributed by atoms with van der Waals surface area (Å²) in [4.78, 5) is 0. The highest BCUT2D eigenvalue weighted by Gasteiger charge is 2.23. The number of hydrogen-bond donors (Lipinski definition) is 1. The van der Waals surface area contributed by atoms with Crippen molar-refractivity contribution in [3.05, 3.63) is 11.6 Å². The predicted octanol–water partition coefficient (Wildman–Crippen LogP) is 2.64. The van der Waals surface area contributed by atoms with Crippen LogP contribution in [0.1, 0.15) is 39.5 Å². The lowest BCUT2D eigenvalue weighted by atomic mass is 9.80. The summed E-state index contributed by atoms with van der Waals surface area (Å²) < 4.78 is 0. The average molecular weight is 193 g/mol. The van der Waals surface area contributed by atoms with E-state index in [9.17, 15) is 5.11 Å². The van der Waals surface area contributed by atoms with E-state index in [0.29, 0.717) is 18.3 Å². The van der Waals surface area contributed by atoms with E-state index >= 15 is 0 Å². The second-order valence-electron chi connectivity index (χ2n) is 4.43. The van der Waals surface area contributed by atoms with Crippen molar-refractivity contribution in [3.63, 3.8) is 0 Å². The molecule has 2 nitrogen and oxygen atoms in total. The zero-order valence-corrected chi connectivity index (χ0v) is 9.03. The molecule has 1 rings (SSSR count). The first kappa shape index (κ1) is 11.3. The van der Waals surface area contributed by atoms with E-state index in [1.165, 1.54) is 0 Å². The van der Waals surface area contributed by atoms with Crippen LogP contribution in [0.25, 0.3) is 0 Å². The Hall–Kier alpha value is -0.810. The van der Waals surface area contributed by atoms with Crippen LogP contribution in [0.2, 0.25) is 0 Å². The van der Waals surface area contributed by atoms with Gasteiger partial charge in [-0.2, -0.15) is 5.26 Å². The second-order valence-corrected chi connectivity index (χ2v) is 4.43. The summed E-state index contributed by atoms with van der Waals surface area (Å²) in [5.74, 6) is 1.24. The quantitative estimate of drug-likeness (QED) is 0.700. The van der Waals surface area contributed by atoms with Gasteiger partial charge in [0.15, 0.2) is 0 Å². The van der Waals surface area contributed by atoms with Crippen LogP contribution >= 0.6 is 0 Å². The molecule has 2 heteroatoms. The van der Waals surface area contributed by atoms with Crippen LogP contribution in [0.3, 0.4) is 0 Å². The number of nitrogens with zero attached hydrogens (tertiary/aromatic N) is 1. The molecule has 1 aliphatic carbocycles. The molecule has 0 saturated carbocycles. The van der Waals surface area contributed by atoms with Gasteiger partial charge in [-0.15, -0.1) is 0 Å². The van der Waals surface area contributed by atoms with Crippen molar-refractivity contribution in [2.24, 2.45) is 11.8 Å². The lowest BCUT2D eigenvalue weighted by Crippen LogP contribution is -2.23. The smallest absolute Gasteiger partial charge is 0.0753 e. The van der Waals surface area contributed by atoms with E-state index in [4.69, 9.17) is 5.26 Å². The first-order valence-electron chi connectivity index (χ1n) is 5.39. The van der Waals surface area contributed by atoms with Gasteiger partial charge in [-0.1, -0.05) is 19.9 Å². The Labute approximate surface area is 86.2 Å². The van der Waals surface area contributed by atoms with E-state index in [-0.39, 0.29) is 6.10 Å². The molecule has 0 aromatic rings. The molecular weight excluding hydrogens is 174 g/mol. The fourth-order valence-corrected chi connectivity index (χ4v) is 1.99. The molecule has 2 atom stereocenters. The maximum absolute atomic E-state index is 9.84. The van der Waals surface area contributed by atoms with Gasteiger partial charge in [-0.3, -0.25) is 0 Å². The number of allylic oxidation sites excluding steroid dienone is 1. The van der Waals surface area contributed by atoms with Crippen LogP contribution in [-0.2, 0) is 0 Å². The molecular formula is C12H19NO. The third kappa shape index (κ3) is 2.85. The van der Waals surface area contributed by atoms with Crippen molar-refractivity contribution in [2.75, 3.05) is 0 Å². The normalized spacial score (nSPS) is 27.2. The Morgan fingerprint density at radius 2 is 2.36 bits per heavy atom. The molecule has 1 N–H and O–H groups in total. The number of hydrogen-bond acceptors (Lipinski definition) is 2. The molecule has 0 amide bonds. The van der Waals surface area contributed by atoms with Gasteiger partial charge in [0.05, 0.1) is 12.2 Å². The van der Waals surface area contributed by atoms with E-state index in [1.54, 1.807) is 0 Å². The Morgan fingerprint density at radius 1 is 1.64 bits per heavy atom. The molecule has 0 heterocycles. The summed E-state index contributed by atoms with van der Waals surface area (Å²) >= 11 is 0. The molecule has 2 unspecified atom stereocenters. The van der Waals surface area contributed by atoms with Gasteiger partial charge >= 0.3 is 0 Å². The molecule has 0 aliphatic heterocycles. The molecule has 0 spiro atoms. The highest BCUT2D eigenvalue weighted by molar-refractivity contribution is 5.13. The molecule has 0 fully saturated rings. The summed E-state index contributed by atoms with van der Waals surface area (Å²) in [7, 11) is 0. The fraction of sp³-hybridized carbons (Fsp3) is 0.750. The van der Waals surface area contributed by atoms with E-state index < -0.39 is 0 Å². The fourth-order valence-electron chi connectivity index (χ4n) is 1.99. The van der Waals surface area contributed by atoms with Crippen molar-refractivity contribution < 1.29 is 5.11 Å². The van der Waals surface area contributed by atoms with Gasteiger partial charge in [-0.05, 0) is 36.7 Å². The maximum Gasteiger partial charge on any atom is 0.0753 e. The SMILES string of the molecule is CC(C)C1CC=C(CCC#N)C(O)C1. The van der Waals surface area contributed by atoms with Crippen LogP contribution in [-0.4, -0.2) is 11.2 Å². The molecule has 0 aromatic heterocycles. The Bertz CT molecular complexity index is 250. The van der Waals surface area contributed by atoms with Crippen LogP contribution in [0, 0.1) is 23.2 Å². The van der Waals surface area contributed by atoms with Gasteiger partial charge in [0.25, 0.3) is 0 Å². The third-order valence-corrected chi connectivity index (χ3v) is 3.11. The van der Waals surface area contributed by atoms with E-state index in [1.807, 2.05) is 0 Å². The maximum atomic E-state index is 9.84. The Morgan fingerprint density at radius 3 is 2.86 bits per heavy atom. The first-order chi connectivity index (χ1) is 6.65. The van der Waals surface area contributed by atoms with Crippen LogP contribution in [0.15, 0.2) is 11.6 Å². The highest BCUT2D eigenvalue weighted by Crippen LogP contribution is 2.31. The average Bonchev–Trinajstić information content (AvgIpc) is 2.15. The summed E-state index contributed by atoms with van der Waals surface area (Å²) in [6, 6.07) is 2.12. The van der Waals surface area contributed by atoms with Crippen molar-refractivity contribution >= 4 is 0 Å². The number of aliphatic hydroxyl groups excluding tert-OH is 1. The summed E-state index contributed by atoms with van der Waals surface area (Å²) in [5, 5.41) is 18.3. The number of aliphatic hydroxyl groups is 1. The summed E-state index contributed by atoms with van der Waals surface area (Å²) in [6.07, 6.45) is 5.03. The Balaban J connectivity index is 2.52. The zero-order valence-electron chi connectivity index (χ0n) is 9.03. The van der Waals surface area contributed by atoms with E-state index in [0.717, 1.165) is 24.8 Å². The lowest BCUT2D eigenvalue weighted by molar-refractivity contribution is 0.146. The largest absolute Gasteiger partial charge is 0.389 e. The van der Waals surface area contributed by atoms with Gasteiger partial charge in [0.2, 0.25) is 0 Å². The highest BCUT2D eigenvalue weighted by atomic mass is 16.3. The van der Waals surface area contributed by atoms with E-state index in [2.05, 4.69) is 26.0 Å². The molecule has 14 heavy (non-hydrogen) atoms. The van der Waals surface area contributed by atoms with Crippen molar-refractivity contribution in [1.82, 2.24) is 0 Å². The first-order valence-corrected chi connectivity index (χ1v) is 5.39. The van der Waals surface area contributed by atoms with Gasteiger partial charge in [-0.25, -0.2) is 0 Å². The molecule has 0 aromatic carbocycles. The van der Waals surface area contributed by atoms with Crippen molar-refractivity contribution in [3.8, 4) is 6.07 Å². The van der Waals surface area contributed by atoms with Crippen LogP contribution < -0.4 is 0 Å². The predicted molar refractivity (Wildman–Crippen MR) is 56.5 cm³/mol. The van der Waals surface area contributed by atoms with Crippen LogP contribution in [0.4, 0.5) is 0 Å². The van der Waals surface area contributed by atoms with Gasteiger partial charge < -0.3 is 5.11 Å². The number of rotatable bonds is 3. The minimum absolute atomic E-state index is 0.301. The standard InChI is InChI=1S/C12H19NO/c1-9(2)11-6-5-10(4-3-7-13)12(14)8-11/h5,9,11-12,14H,3-4,6,8H2,1-2H3. The molecule has 0 radical (unpaired) electrons.